The molecule has 2 saturated heterocycles. The molecule has 0 bridgehead atoms. The van der Waals surface area contributed by atoms with E-state index in [9.17, 15) is 19.2 Å². The minimum absolute atomic E-state index is 0.196. The van der Waals surface area contributed by atoms with Crippen LogP contribution in [0.15, 0.2) is 109 Å². The Kier molecular flexibility index (Phi) is 10.8. The summed E-state index contributed by atoms with van der Waals surface area (Å²) in [6.45, 7) is 1.11. The van der Waals surface area contributed by atoms with Crippen molar-refractivity contribution in [2.24, 2.45) is 0 Å². The first kappa shape index (κ1) is 40.6. The summed E-state index contributed by atoms with van der Waals surface area (Å²) in [5, 5.41) is 7.59. The Balaban J connectivity index is 0.888. The first-order valence-corrected chi connectivity index (χ1v) is 21.8. The van der Waals surface area contributed by atoms with Gasteiger partial charge in [0.2, 0.25) is 0 Å². The molecule has 3 aliphatic rings. The van der Waals surface area contributed by atoms with Crippen molar-refractivity contribution in [2.75, 3.05) is 27.3 Å². The maximum Gasteiger partial charge on any atom is 0.407 e. The Morgan fingerprint density at radius 3 is 1.84 bits per heavy atom. The number of nitrogens with one attached hydrogen (secondary N) is 4. The SMILES string of the molecule is COC(=O)N[C@@H](C(=O)N1CCC[C@H]1c1nc2c([nH]1)CCc1cc(-c3ccc4c(ccc5nc([C@@H]6CCCN6C(=O)[C@H](NC(=O)OC)c6ccccc6)[nH]c54)c3)ccc1-2)c1ccccc1. The molecule has 4 amide bonds. The molecule has 0 radical (unpaired) electrons. The van der Waals surface area contributed by atoms with Gasteiger partial charge in [0.15, 0.2) is 0 Å². The van der Waals surface area contributed by atoms with E-state index in [2.05, 4.69) is 63.1 Å². The lowest BCUT2D eigenvalue weighted by Crippen LogP contribution is -2.42. The van der Waals surface area contributed by atoms with Gasteiger partial charge in [-0.25, -0.2) is 19.6 Å². The summed E-state index contributed by atoms with van der Waals surface area (Å²) in [5.41, 5.74) is 9.59. The van der Waals surface area contributed by atoms with E-state index in [0.717, 1.165) is 100 Å². The number of carbonyl (C=O) groups excluding carboxylic acids is 4. The second kappa shape index (κ2) is 17.0. The van der Waals surface area contributed by atoms with Gasteiger partial charge in [-0.3, -0.25) is 9.59 Å². The Bertz CT molecular complexity index is 2910. The number of aromatic amines is 2. The van der Waals surface area contributed by atoms with Gasteiger partial charge < -0.3 is 39.9 Å². The Labute approximate surface area is 369 Å². The highest BCUT2D eigenvalue weighted by molar-refractivity contribution is 6.05. The maximum atomic E-state index is 14.1. The molecule has 7 aromatic rings. The number of nitrogens with zero attached hydrogens (tertiary/aromatic N) is 4. The van der Waals surface area contributed by atoms with Crippen LogP contribution in [0.3, 0.4) is 0 Å². The van der Waals surface area contributed by atoms with Crippen molar-refractivity contribution in [3.8, 4) is 22.4 Å². The summed E-state index contributed by atoms with van der Waals surface area (Å²) in [6.07, 6.45) is 3.47. The third-order valence-electron chi connectivity index (χ3n) is 13.0. The van der Waals surface area contributed by atoms with Gasteiger partial charge in [-0.05, 0) is 83.9 Å². The number of fused-ring (bicyclic) bond motifs is 6. The standard InChI is InChI=1S/C50H48N8O6/c1-63-49(61)55-41(29-11-5-3-6-12-29)47(59)57-25-9-15-39(57)45-51-37-23-19-33-27-31(17-21-35(33)43(37)53-45)32-18-22-36-34(28-32)20-24-38-44(36)54-46(52-38)40-16-10-26-58(40)48(60)42(56-50(62)64-2)30-13-7-4-8-14-30/h3-8,11-14,17-19,21-23,27-28,39-42H,9-10,15-16,20,24-26H2,1-2H3,(H,51,53)(H,52,54)(H,55,61)(H,56,62)/t39-,40-,41+,42+/m0/s1. The monoisotopic (exact) mass is 856 g/mol. The molecule has 2 aromatic heterocycles. The van der Waals surface area contributed by atoms with E-state index < -0.39 is 24.3 Å². The smallest absolute Gasteiger partial charge is 0.407 e. The Morgan fingerprint density at radius 2 is 1.23 bits per heavy atom. The first-order chi connectivity index (χ1) is 31.3. The molecule has 324 valence electrons. The zero-order valence-electron chi connectivity index (χ0n) is 35.6. The highest BCUT2D eigenvalue weighted by Crippen LogP contribution is 2.40. The van der Waals surface area contributed by atoms with Crippen LogP contribution in [-0.4, -0.2) is 81.0 Å². The fourth-order valence-corrected chi connectivity index (χ4v) is 9.81. The van der Waals surface area contributed by atoms with Crippen LogP contribution in [0.4, 0.5) is 9.59 Å². The molecule has 0 saturated carbocycles. The fourth-order valence-electron chi connectivity index (χ4n) is 9.81. The Hall–Kier alpha value is -7.48. The average Bonchev–Trinajstić information content (AvgIpc) is 4.18. The molecule has 10 rings (SSSR count). The molecule has 14 nitrogen and oxygen atoms in total. The number of imidazole rings is 2. The summed E-state index contributed by atoms with van der Waals surface area (Å²) in [6, 6.07) is 33.3. The number of alkyl carbamates (subject to hydrolysis) is 2. The van der Waals surface area contributed by atoms with Gasteiger partial charge in [-0.1, -0.05) is 97.1 Å². The van der Waals surface area contributed by atoms with E-state index in [4.69, 9.17) is 19.4 Å². The van der Waals surface area contributed by atoms with E-state index in [1.165, 1.54) is 19.8 Å². The zero-order chi connectivity index (χ0) is 43.9. The van der Waals surface area contributed by atoms with Crippen LogP contribution in [0.2, 0.25) is 0 Å². The molecule has 2 aliphatic heterocycles. The number of likely N-dealkylation sites (tertiary alicyclic amines) is 2. The molecular formula is C50H48N8O6. The fraction of sp³-hybridized carbons (Fsp3) is 0.280. The van der Waals surface area contributed by atoms with Crippen LogP contribution < -0.4 is 10.6 Å². The van der Waals surface area contributed by atoms with Crippen LogP contribution >= 0.6 is 0 Å². The van der Waals surface area contributed by atoms with E-state index in [1.54, 1.807) is 0 Å². The van der Waals surface area contributed by atoms with Gasteiger partial charge >= 0.3 is 12.2 Å². The number of H-pyrrole nitrogens is 2. The first-order valence-electron chi connectivity index (χ1n) is 21.8. The van der Waals surface area contributed by atoms with Gasteiger partial charge in [0.1, 0.15) is 23.7 Å². The molecule has 64 heavy (non-hydrogen) atoms. The molecule has 1 aliphatic carbocycles. The minimum atomic E-state index is -0.891. The van der Waals surface area contributed by atoms with Crippen molar-refractivity contribution < 1.29 is 28.7 Å². The molecule has 4 atom stereocenters. The number of amides is 4. The summed E-state index contributed by atoms with van der Waals surface area (Å²) in [4.78, 5) is 73.9. The predicted octanol–water partition coefficient (Wildman–Crippen LogP) is 8.39. The predicted molar refractivity (Wildman–Crippen MR) is 241 cm³/mol. The number of aryl methyl sites for hydroxylation is 2. The van der Waals surface area contributed by atoms with E-state index in [-0.39, 0.29) is 23.9 Å². The number of hydrogen-bond donors (Lipinski definition) is 4. The van der Waals surface area contributed by atoms with Crippen LogP contribution in [-0.2, 0) is 31.9 Å². The molecule has 0 spiro atoms. The van der Waals surface area contributed by atoms with Crippen LogP contribution in [0.1, 0.15) is 83.9 Å². The average molecular weight is 857 g/mol. The third kappa shape index (κ3) is 7.48. The second-order valence-electron chi connectivity index (χ2n) is 16.7. The van der Waals surface area contributed by atoms with Gasteiger partial charge in [0.05, 0.1) is 43.0 Å². The van der Waals surface area contributed by atoms with E-state index in [1.807, 2.05) is 76.5 Å². The van der Waals surface area contributed by atoms with Crippen molar-refractivity contribution in [1.82, 2.24) is 40.4 Å². The molecule has 4 heterocycles. The van der Waals surface area contributed by atoms with Gasteiger partial charge in [0, 0.05) is 29.7 Å². The second-order valence-corrected chi connectivity index (χ2v) is 16.7. The van der Waals surface area contributed by atoms with Gasteiger partial charge in [-0.2, -0.15) is 0 Å². The van der Waals surface area contributed by atoms with Crippen molar-refractivity contribution in [1.29, 1.82) is 0 Å². The normalized spacial score (nSPS) is 17.7. The van der Waals surface area contributed by atoms with Crippen LogP contribution in [0.5, 0.6) is 0 Å². The minimum Gasteiger partial charge on any atom is -0.453 e. The number of aromatic nitrogens is 4. The lowest BCUT2D eigenvalue weighted by Gasteiger charge is -2.28. The highest BCUT2D eigenvalue weighted by Gasteiger charge is 2.39. The van der Waals surface area contributed by atoms with Crippen molar-refractivity contribution >= 4 is 45.8 Å². The summed E-state index contributed by atoms with van der Waals surface area (Å²) >= 11 is 0. The van der Waals surface area contributed by atoms with Crippen molar-refractivity contribution in [2.45, 2.75) is 62.7 Å². The quantitative estimate of drug-likeness (QED) is 0.112. The molecule has 2 fully saturated rings. The largest absolute Gasteiger partial charge is 0.453 e. The van der Waals surface area contributed by atoms with Crippen LogP contribution in [0.25, 0.3) is 44.2 Å². The molecule has 14 heteroatoms. The number of hydrogen-bond acceptors (Lipinski definition) is 8. The molecular weight excluding hydrogens is 809 g/mol. The number of ether oxygens (including phenoxy) is 2. The molecule has 4 N–H and O–H groups in total. The number of rotatable bonds is 9. The van der Waals surface area contributed by atoms with Crippen molar-refractivity contribution in [3.05, 3.63) is 143 Å². The highest BCUT2D eigenvalue weighted by atomic mass is 16.5. The summed E-state index contributed by atoms with van der Waals surface area (Å²) < 4.78 is 9.74. The lowest BCUT2D eigenvalue weighted by molar-refractivity contribution is -0.135. The van der Waals surface area contributed by atoms with Crippen molar-refractivity contribution in [3.63, 3.8) is 0 Å². The summed E-state index contributed by atoms with van der Waals surface area (Å²) in [7, 11) is 2.58. The number of carbonyl (C=O) groups is 4. The molecule has 5 aromatic carbocycles. The number of benzene rings is 5. The van der Waals surface area contributed by atoms with Gasteiger partial charge in [-0.15, -0.1) is 0 Å². The number of methoxy groups -OCH3 is 2. The Morgan fingerprint density at radius 1 is 0.656 bits per heavy atom. The lowest BCUT2D eigenvalue weighted by atomic mass is 9.89. The maximum absolute atomic E-state index is 14.1. The third-order valence-corrected chi connectivity index (χ3v) is 13.0. The van der Waals surface area contributed by atoms with E-state index >= 15 is 0 Å². The summed E-state index contributed by atoms with van der Waals surface area (Å²) in [5.74, 6) is 1.08. The van der Waals surface area contributed by atoms with E-state index in [0.29, 0.717) is 24.2 Å². The van der Waals surface area contributed by atoms with Crippen LogP contribution in [0, 0.1) is 0 Å². The zero-order valence-corrected chi connectivity index (χ0v) is 35.6. The molecule has 0 unspecified atom stereocenters. The topological polar surface area (TPSA) is 175 Å². The van der Waals surface area contributed by atoms with Gasteiger partial charge in [0.25, 0.3) is 11.8 Å².